The van der Waals surface area contributed by atoms with Crippen molar-refractivity contribution in [3.8, 4) is 22.9 Å². The van der Waals surface area contributed by atoms with Crippen molar-refractivity contribution in [3.63, 3.8) is 0 Å². The zero-order chi connectivity index (χ0) is 16.9. The highest BCUT2D eigenvalue weighted by Crippen LogP contribution is 2.26. The Labute approximate surface area is 139 Å². The normalized spacial score (nSPS) is 10.9. The molecule has 0 saturated carbocycles. The second-order valence-electron chi connectivity index (χ2n) is 5.00. The average Bonchev–Trinajstić information content (AvgIpc) is 2.60. The largest absolute Gasteiger partial charge is 0.507 e. The number of aromatic hydroxyl groups is 1. The van der Waals surface area contributed by atoms with E-state index in [1.165, 1.54) is 0 Å². The van der Waals surface area contributed by atoms with E-state index in [-0.39, 0.29) is 11.7 Å². The zero-order valence-corrected chi connectivity index (χ0v) is 13.0. The Balaban J connectivity index is 1.91. The van der Waals surface area contributed by atoms with Crippen LogP contribution in [0.3, 0.4) is 0 Å². The Hall–Kier alpha value is -3.41. The Bertz CT molecular complexity index is 876. The molecular weight excluding hydrogens is 304 g/mol. The van der Waals surface area contributed by atoms with Gasteiger partial charge in [0, 0.05) is 0 Å². The molecule has 3 rings (SSSR count). The first kappa shape index (κ1) is 15.5. The second kappa shape index (κ2) is 6.78. The molecule has 120 valence electrons. The van der Waals surface area contributed by atoms with Gasteiger partial charge in [0.05, 0.1) is 12.7 Å². The van der Waals surface area contributed by atoms with Gasteiger partial charge < -0.3 is 15.6 Å². The molecule has 1 aromatic heterocycles. The molecule has 0 radical (unpaired) electrons. The van der Waals surface area contributed by atoms with Crippen LogP contribution in [0.25, 0.3) is 23.5 Å². The van der Waals surface area contributed by atoms with E-state index in [4.69, 9.17) is 10.5 Å². The first-order chi connectivity index (χ1) is 11.7. The van der Waals surface area contributed by atoms with Crippen LogP contribution in [0.2, 0.25) is 0 Å². The summed E-state index contributed by atoms with van der Waals surface area (Å²) in [5.74, 6) is 1.72. The number of aromatic nitrogens is 3. The molecule has 6 heteroatoms. The lowest BCUT2D eigenvalue weighted by molar-refractivity contribution is 0.415. The molecule has 0 amide bonds. The summed E-state index contributed by atoms with van der Waals surface area (Å²) in [5.41, 5.74) is 7.24. The molecule has 6 nitrogen and oxygen atoms in total. The Morgan fingerprint density at radius 2 is 1.71 bits per heavy atom. The van der Waals surface area contributed by atoms with Gasteiger partial charge in [0.2, 0.25) is 5.95 Å². The molecule has 0 fully saturated rings. The molecule has 24 heavy (non-hydrogen) atoms. The predicted octanol–water partition coefficient (Wildman–Crippen LogP) is 3.01. The van der Waals surface area contributed by atoms with Crippen LogP contribution in [-0.2, 0) is 0 Å². The number of benzene rings is 2. The first-order valence-corrected chi connectivity index (χ1v) is 7.28. The third-order valence-electron chi connectivity index (χ3n) is 3.36. The maximum Gasteiger partial charge on any atom is 0.224 e. The molecule has 3 N–H and O–H groups in total. The summed E-state index contributed by atoms with van der Waals surface area (Å²) in [6.45, 7) is 0. The van der Waals surface area contributed by atoms with Gasteiger partial charge in [0.25, 0.3) is 0 Å². The molecule has 0 aliphatic rings. The summed E-state index contributed by atoms with van der Waals surface area (Å²) in [7, 11) is 1.62. The molecule has 0 atom stereocenters. The van der Waals surface area contributed by atoms with Gasteiger partial charge in [-0.05, 0) is 35.9 Å². The van der Waals surface area contributed by atoms with Crippen LogP contribution in [0, 0.1) is 0 Å². The lowest BCUT2D eigenvalue weighted by Crippen LogP contribution is -2.02. The van der Waals surface area contributed by atoms with Gasteiger partial charge in [-0.3, -0.25) is 0 Å². The van der Waals surface area contributed by atoms with Crippen molar-refractivity contribution in [1.29, 1.82) is 0 Å². The maximum atomic E-state index is 9.93. The first-order valence-electron chi connectivity index (χ1n) is 7.28. The number of phenolic OH excluding ortho intramolecular Hbond substituents is 1. The number of nitrogens with zero attached hydrogens (tertiary/aromatic N) is 3. The quantitative estimate of drug-likeness (QED) is 0.767. The molecule has 0 aliphatic carbocycles. The lowest BCUT2D eigenvalue weighted by Gasteiger charge is -2.04. The Morgan fingerprint density at radius 3 is 2.42 bits per heavy atom. The number of nitrogens with two attached hydrogens (primary N) is 1. The fourth-order valence-corrected chi connectivity index (χ4v) is 2.15. The van der Waals surface area contributed by atoms with Gasteiger partial charge in [-0.15, -0.1) is 0 Å². The van der Waals surface area contributed by atoms with E-state index < -0.39 is 0 Å². The van der Waals surface area contributed by atoms with Gasteiger partial charge >= 0.3 is 0 Å². The molecule has 1 heterocycles. The topological polar surface area (TPSA) is 94.2 Å². The minimum absolute atomic E-state index is 0.0909. The van der Waals surface area contributed by atoms with Crippen LogP contribution in [0.15, 0.2) is 48.5 Å². The van der Waals surface area contributed by atoms with Crippen molar-refractivity contribution in [2.45, 2.75) is 0 Å². The zero-order valence-electron chi connectivity index (χ0n) is 13.0. The molecule has 0 aliphatic heterocycles. The predicted molar refractivity (Wildman–Crippen MR) is 93.3 cm³/mol. The number of rotatable bonds is 4. The number of hydrogen-bond donors (Lipinski definition) is 2. The number of methoxy groups -OCH3 is 1. The van der Waals surface area contributed by atoms with Crippen molar-refractivity contribution >= 4 is 18.1 Å². The van der Waals surface area contributed by atoms with Gasteiger partial charge in [0.15, 0.2) is 11.6 Å². The third-order valence-corrected chi connectivity index (χ3v) is 3.36. The molecule has 0 unspecified atom stereocenters. The van der Waals surface area contributed by atoms with E-state index >= 15 is 0 Å². The molecule has 3 aromatic rings. The van der Waals surface area contributed by atoms with E-state index in [1.54, 1.807) is 37.5 Å². The van der Waals surface area contributed by atoms with E-state index in [1.807, 2.05) is 30.3 Å². The second-order valence-corrected chi connectivity index (χ2v) is 5.00. The van der Waals surface area contributed by atoms with Crippen LogP contribution in [0.1, 0.15) is 11.4 Å². The van der Waals surface area contributed by atoms with Crippen LogP contribution in [-0.4, -0.2) is 27.2 Å². The van der Waals surface area contributed by atoms with E-state index in [0.29, 0.717) is 17.2 Å². The highest BCUT2D eigenvalue weighted by atomic mass is 16.5. The van der Waals surface area contributed by atoms with Crippen LogP contribution < -0.4 is 10.5 Å². The fourth-order valence-electron chi connectivity index (χ4n) is 2.15. The Morgan fingerprint density at radius 1 is 0.958 bits per heavy atom. The number of ether oxygens (including phenoxy) is 1. The minimum Gasteiger partial charge on any atom is -0.507 e. The smallest absolute Gasteiger partial charge is 0.224 e. The monoisotopic (exact) mass is 320 g/mol. The Kier molecular flexibility index (Phi) is 4.38. The van der Waals surface area contributed by atoms with E-state index in [2.05, 4.69) is 15.0 Å². The number of nitrogen functional groups attached to an aromatic ring is 1. The third kappa shape index (κ3) is 3.49. The van der Waals surface area contributed by atoms with Crippen molar-refractivity contribution in [1.82, 2.24) is 15.0 Å². The summed E-state index contributed by atoms with van der Waals surface area (Å²) in [6.07, 6.45) is 3.60. The SMILES string of the molecule is COc1ccc(/C=C/c2nc(N)nc(-c3ccccc3O)n2)cc1. The van der Waals surface area contributed by atoms with Gasteiger partial charge in [0.1, 0.15) is 11.5 Å². The maximum absolute atomic E-state index is 9.93. The summed E-state index contributed by atoms with van der Waals surface area (Å²) in [4.78, 5) is 12.5. The summed E-state index contributed by atoms with van der Waals surface area (Å²) < 4.78 is 5.13. The highest BCUT2D eigenvalue weighted by molar-refractivity contribution is 5.69. The molecule has 2 aromatic carbocycles. The number of anilines is 1. The van der Waals surface area contributed by atoms with Crippen molar-refractivity contribution in [2.24, 2.45) is 0 Å². The van der Waals surface area contributed by atoms with Crippen molar-refractivity contribution in [2.75, 3.05) is 12.8 Å². The van der Waals surface area contributed by atoms with E-state index in [9.17, 15) is 5.11 Å². The van der Waals surface area contributed by atoms with Crippen molar-refractivity contribution in [3.05, 3.63) is 59.9 Å². The number of para-hydroxylation sites is 1. The fraction of sp³-hybridized carbons (Fsp3) is 0.0556. The number of phenols is 1. The minimum atomic E-state index is 0.0909. The van der Waals surface area contributed by atoms with Gasteiger partial charge in [-0.25, -0.2) is 4.98 Å². The van der Waals surface area contributed by atoms with Gasteiger partial charge in [-0.1, -0.05) is 30.3 Å². The molecule has 0 bridgehead atoms. The summed E-state index contributed by atoms with van der Waals surface area (Å²) >= 11 is 0. The summed E-state index contributed by atoms with van der Waals surface area (Å²) in [6, 6.07) is 14.4. The lowest BCUT2D eigenvalue weighted by atomic mass is 10.2. The number of hydrogen-bond acceptors (Lipinski definition) is 6. The standard InChI is InChI=1S/C18H16N4O2/c1-24-13-9-6-12(7-10-13)8-11-16-20-17(22-18(19)21-16)14-4-2-3-5-15(14)23/h2-11,23H,1H3,(H2,19,20,21,22)/b11-8+. The molecule has 0 saturated heterocycles. The highest BCUT2D eigenvalue weighted by Gasteiger charge is 2.09. The van der Waals surface area contributed by atoms with Crippen LogP contribution in [0.5, 0.6) is 11.5 Å². The summed E-state index contributed by atoms with van der Waals surface area (Å²) in [5, 5.41) is 9.93. The van der Waals surface area contributed by atoms with E-state index in [0.717, 1.165) is 11.3 Å². The van der Waals surface area contributed by atoms with Crippen molar-refractivity contribution < 1.29 is 9.84 Å². The van der Waals surface area contributed by atoms with Gasteiger partial charge in [-0.2, -0.15) is 9.97 Å². The molecule has 0 spiro atoms. The molecular formula is C18H16N4O2. The average molecular weight is 320 g/mol. The van der Waals surface area contributed by atoms with Crippen LogP contribution >= 0.6 is 0 Å². The van der Waals surface area contributed by atoms with Crippen LogP contribution in [0.4, 0.5) is 5.95 Å².